The monoisotopic (exact) mass is 462 g/mol. The third-order valence-corrected chi connectivity index (χ3v) is 7.82. The smallest absolute Gasteiger partial charge is 0.306 e. The number of carbonyl (C=O) groups excluding carboxylic acids is 1. The number of nitrogens with one attached hydrogen (secondary N) is 1. The van der Waals surface area contributed by atoms with Gasteiger partial charge >= 0.3 is 5.97 Å². The third-order valence-electron chi connectivity index (χ3n) is 6.89. The second-order valence-electron chi connectivity index (χ2n) is 9.17. The summed E-state index contributed by atoms with van der Waals surface area (Å²) < 4.78 is 4.72. The van der Waals surface area contributed by atoms with E-state index in [2.05, 4.69) is 25.0 Å². The van der Waals surface area contributed by atoms with Crippen molar-refractivity contribution >= 4 is 33.4 Å². The van der Waals surface area contributed by atoms with Gasteiger partial charge in [-0.05, 0) is 43.2 Å². The van der Waals surface area contributed by atoms with Crippen LogP contribution < -0.4 is 5.32 Å². The molecule has 4 aromatic rings. The number of carbonyl (C=O) groups is 2. The molecule has 2 aliphatic carbocycles. The lowest BCUT2D eigenvalue weighted by atomic mass is 9.50. The van der Waals surface area contributed by atoms with E-state index in [1.807, 2.05) is 23.7 Å². The maximum Gasteiger partial charge on any atom is 0.306 e. The van der Waals surface area contributed by atoms with Crippen LogP contribution in [0.3, 0.4) is 0 Å². The van der Waals surface area contributed by atoms with Crippen molar-refractivity contribution in [3.63, 3.8) is 0 Å². The predicted molar refractivity (Wildman–Crippen MR) is 121 cm³/mol. The molecule has 2 N–H and O–H groups in total. The average molecular weight is 463 g/mol. The van der Waals surface area contributed by atoms with Crippen molar-refractivity contribution in [2.24, 2.45) is 11.3 Å². The summed E-state index contributed by atoms with van der Waals surface area (Å²) in [5.41, 5.74) is 2.65. The first-order valence-electron chi connectivity index (χ1n) is 10.9. The number of amides is 1. The van der Waals surface area contributed by atoms with Crippen LogP contribution in [0, 0.1) is 11.3 Å². The van der Waals surface area contributed by atoms with Gasteiger partial charge in [0.2, 0.25) is 5.95 Å². The van der Waals surface area contributed by atoms with E-state index in [0.29, 0.717) is 18.1 Å². The minimum Gasteiger partial charge on any atom is -0.481 e. The summed E-state index contributed by atoms with van der Waals surface area (Å²) in [6, 6.07) is 3.96. The van der Waals surface area contributed by atoms with Gasteiger partial charge in [-0.15, -0.1) is 11.3 Å². The first kappa shape index (κ1) is 20.1. The number of aromatic nitrogens is 5. The Labute approximate surface area is 193 Å². The molecule has 6 rings (SSSR count). The highest BCUT2D eigenvalue weighted by Gasteiger charge is 2.55. The van der Waals surface area contributed by atoms with Gasteiger partial charge in [0.1, 0.15) is 0 Å². The number of fused-ring (bicyclic) bond motifs is 1. The average Bonchev–Trinajstić information content (AvgIpc) is 3.48. The Morgan fingerprint density at radius 3 is 2.67 bits per heavy atom. The maximum atomic E-state index is 13.0. The molecule has 0 aliphatic heterocycles. The Kier molecular flexibility index (Phi) is 4.58. The summed E-state index contributed by atoms with van der Waals surface area (Å²) in [6.45, 7) is 0.559. The largest absolute Gasteiger partial charge is 0.481 e. The van der Waals surface area contributed by atoms with Crippen LogP contribution in [-0.4, -0.2) is 47.3 Å². The Morgan fingerprint density at radius 2 is 1.97 bits per heavy atom. The van der Waals surface area contributed by atoms with E-state index in [1.54, 1.807) is 40.8 Å². The molecule has 4 heterocycles. The van der Waals surface area contributed by atoms with Crippen molar-refractivity contribution in [1.29, 1.82) is 0 Å². The lowest BCUT2D eigenvalue weighted by Gasteiger charge is -2.56. The molecule has 0 bridgehead atoms. The van der Waals surface area contributed by atoms with Crippen molar-refractivity contribution in [1.82, 2.24) is 29.6 Å². The number of aliphatic carboxylic acids is 1. The minimum absolute atomic E-state index is 0.0690. The number of nitrogens with zero attached hydrogens (tertiary/aromatic N) is 5. The summed E-state index contributed by atoms with van der Waals surface area (Å²) in [5.74, 6) is -0.466. The molecule has 1 amide bonds. The van der Waals surface area contributed by atoms with Crippen LogP contribution in [0.25, 0.3) is 16.2 Å². The molecule has 4 aromatic heterocycles. The van der Waals surface area contributed by atoms with Crippen LogP contribution in [0.2, 0.25) is 0 Å². The van der Waals surface area contributed by atoms with Crippen LogP contribution in [0.1, 0.15) is 41.6 Å². The molecule has 0 atom stereocenters. The maximum absolute atomic E-state index is 13.0. The summed E-state index contributed by atoms with van der Waals surface area (Å²) >= 11 is 1.56. The van der Waals surface area contributed by atoms with Gasteiger partial charge in [-0.1, -0.05) is 0 Å². The molecule has 2 fully saturated rings. The molecule has 2 aliphatic rings. The van der Waals surface area contributed by atoms with E-state index in [1.165, 1.54) is 0 Å². The van der Waals surface area contributed by atoms with E-state index in [0.717, 1.165) is 41.5 Å². The number of hydrogen-bond donors (Lipinski definition) is 2. The lowest BCUT2D eigenvalue weighted by molar-refractivity contribution is -0.155. The van der Waals surface area contributed by atoms with Gasteiger partial charge in [-0.3, -0.25) is 9.59 Å². The van der Waals surface area contributed by atoms with Crippen LogP contribution >= 0.6 is 11.3 Å². The number of hydrogen-bond acceptors (Lipinski definition) is 6. The van der Waals surface area contributed by atoms with Crippen LogP contribution in [0.15, 0.2) is 48.5 Å². The fourth-order valence-corrected chi connectivity index (χ4v) is 6.22. The SMILES string of the molecule is O=C(NC1CC2(C1)CC(C(=O)O)C2)c1csc2ccn(Cc3cnc(-n4cccn4)nc3)c12. The zero-order chi connectivity index (χ0) is 22.6. The Hall–Kier alpha value is -3.53. The van der Waals surface area contributed by atoms with Gasteiger partial charge in [0, 0.05) is 48.0 Å². The van der Waals surface area contributed by atoms with Crippen molar-refractivity contribution in [3.8, 4) is 5.95 Å². The van der Waals surface area contributed by atoms with Crippen LogP contribution in [0.4, 0.5) is 0 Å². The van der Waals surface area contributed by atoms with Crippen molar-refractivity contribution in [3.05, 3.63) is 59.6 Å². The Bertz CT molecular complexity index is 1330. The number of thiophene rings is 1. The first-order chi connectivity index (χ1) is 16.0. The fraction of sp³-hybridized carbons (Fsp3) is 0.348. The Balaban J connectivity index is 1.14. The summed E-state index contributed by atoms with van der Waals surface area (Å²) in [7, 11) is 0. The van der Waals surface area contributed by atoms with Crippen LogP contribution in [0.5, 0.6) is 0 Å². The molecule has 0 radical (unpaired) electrons. The summed E-state index contributed by atoms with van der Waals surface area (Å²) in [5, 5.41) is 18.3. The standard InChI is InChI=1S/C23H22N6O3S/c30-20(27-16-8-23(9-16)6-15(7-23)21(31)32)17-13-33-18-2-5-28(19(17)18)12-14-10-24-22(25-11-14)29-4-1-3-26-29/h1-5,10-11,13,15-16H,6-9,12H2,(H,27,30)(H,31,32). The molecular formula is C23H22N6O3S. The normalized spacial score (nSPS) is 23.9. The summed E-state index contributed by atoms with van der Waals surface area (Å²) in [4.78, 5) is 32.9. The lowest BCUT2D eigenvalue weighted by Crippen LogP contribution is -2.57. The highest BCUT2D eigenvalue weighted by atomic mass is 32.1. The van der Waals surface area contributed by atoms with E-state index >= 15 is 0 Å². The Morgan fingerprint density at radius 1 is 1.18 bits per heavy atom. The van der Waals surface area contributed by atoms with Gasteiger partial charge in [0.05, 0.1) is 28.2 Å². The molecule has 0 aromatic carbocycles. The van der Waals surface area contributed by atoms with E-state index in [4.69, 9.17) is 5.11 Å². The van der Waals surface area contributed by atoms with Gasteiger partial charge < -0.3 is 15.0 Å². The third kappa shape index (κ3) is 3.50. The molecular weight excluding hydrogens is 440 g/mol. The quantitative estimate of drug-likeness (QED) is 0.455. The highest BCUT2D eigenvalue weighted by Crippen LogP contribution is 2.58. The van der Waals surface area contributed by atoms with Crippen LogP contribution in [-0.2, 0) is 11.3 Å². The van der Waals surface area contributed by atoms with E-state index in [9.17, 15) is 9.59 Å². The molecule has 1 spiro atoms. The second kappa shape index (κ2) is 7.51. The predicted octanol–water partition coefficient (Wildman–Crippen LogP) is 3.10. The second-order valence-corrected chi connectivity index (χ2v) is 10.1. The topological polar surface area (TPSA) is 115 Å². The number of carboxylic acid groups (broad SMARTS) is 1. The van der Waals surface area contributed by atoms with E-state index < -0.39 is 5.97 Å². The van der Waals surface area contributed by atoms with Crippen molar-refractivity contribution in [2.75, 3.05) is 0 Å². The zero-order valence-corrected chi connectivity index (χ0v) is 18.5. The summed E-state index contributed by atoms with van der Waals surface area (Å²) in [6.07, 6.45) is 12.2. The molecule has 168 valence electrons. The van der Waals surface area contributed by atoms with Crippen molar-refractivity contribution < 1.29 is 14.7 Å². The molecule has 33 heavy (non-hydrogen) atoms. The fourth-order valence-electron chi connectivity index (χ4n) is 5.28. The minimum atomic E-state index is -0.698. The van der Waals surface area contributed by atoms with Gasteiger partial charge in [-0.2, -0.15) is 5.10 Å². The molecule has 2 saturated carbocycles. The van der Waals surface area contributed by atoms with E-state index in [-0.39, 0.29) is 23.3 Å². The first-order valence-corrected chi connectivity index (χ1v) is 11.8. The number of rotatable bonds is 6. The van der Waals surface area contributed by atoms with Gasteiger partial charge in [0.25, 0.3) is 5.91 Å². The molecule has 9 nitrogen and oxygen atoms in total. The molecule has 10 heteroatoms. The molecule has 0 saturated heterocycles. The van der Waals surface area contributed by atoms with Crippen molar-refractivity contribution in [2.45, 2.75) is 38.3 Å². The zero-order valence-electron chi connectivity index (χ0n) is 17.7. The van der Waals surface area contributed by atoms with Gasteiger partial charge in [0.15, 0.2) is 0 Å². The highest BCUT2D eigenvalue weighted by molar-refractivity contribution is 7.17. The number of carboxylic acids is 1. The van der Waals surface area contributed by atoms with Gasteiger partial charge in [-0.25, -0.2) is 14.6 Å². The molecule has 0 unspecified atom stereocenters.